The Morgan fingerprint density at radius 1 is 1.30 bits per heavy atom. The van der Waals surface area contributed by atoms with E-state index in [1.807, 2.05) is 0 Å². The van der Waals surface area contributed by atoms with Crippen LogP contribution in [0.15, 0.2) is 0 Å². The molecule has 0 aromatic carbocycles. The quantitative estimate of drug-likeness (QED) is 0.865. The maximum Gasteiger partial charge on any atom is 0.244 e. The van der Waals surface area contributed by atoms with Crippen molar-refractivity contribution in [1.29, 1.82) is 0 Å². The Kier molecular flexibility index (Phi) is 4.06. The third-order valence-corrected chi connectivity index (χ3v) is 6.84. The average Bonchev–Trinajstić information content (AvgIpc) is 3.10. The minimum Gasteiger partial charge on any atom is -0.324 e. The van der Waals surface area contributed by atoms with E-state index >= 15 is 0 Å². The fourth-order valence-corrected chi connectivity index (χ4v) is 5.52. The van der Waals surface area contributed by atoms with Crippen molar-refractivity contribution >= 4 is 17.7 Å². The van der Waals surface area contributed by atoms with Crippen molar-refractivity contribution < 1.29 is 4.79 Å². The number of nitrogens with one attached hydrogen (secondary N) is 1. The van der Waals surface area contributed by atoms with Crippen molar-refractivity contribution in [3.05, 3.63) is 0 Å². The van der Waals surface area contributed by atoms with Crippen LogP contribution in [0.2, 0.25) is 0 Å². The Balaban J connectivity index is 1.77. The van der Waals surface area contributed by atoms with Gasteiger partial charge in [-0.3, -0.25) is 10.1 Å². The van der Waals surface area contributed by atoms with E-state index in [2.05, 4.69) is 35.8 Å². The van der Waals surface area contributed by atoms with Crippen molar-refractivity contribution in [2.75, 3.05) is 12.3 Å². The van der Waals surface area contributed by atoms with Crippen LogP contribution in [0.4, 0.5) is 0 Å². The summed E-state index contributed by atoms with van der Waals surface area (Å²) >= 11 is 2.06. The fourth-order valence-electron chi connectivity index (χ4n) is 4.22. The smallest absolute Gasteiger partial charge is 0.244 e. The first-order valence-corrected chi connectivity index (χ1v) is 9.30. The highest BCUT2D eigenvalue weighted by Gasteiger charge is 2.53. The molecule has 1 aliphatic carbocycles. The highest BCUT2D eigenvalue weighted by atomic mass is 32.2. The molecule has 4 heteroatoms. The number of nitrogens with zero attached hydrogens (tertiary/aromatic N) is 1. The number of hydrogen-bond donors (Lipinski definition) is 1. The number of rotatable bonds is 4. The molecule has 0 aromatic heterocycles. The highest BCUT2D eigenvalue weighted by Crippen LogP contribution is 2.42. The predicted octanol–water partition coefficient (Wildman–Crippen LogP) is 3.14. The molecular weight excluding hydrogens is 268 g/mol. The zero-order valence-electron chi connectivity index (χ0n) is 12.9. The van der Waals surface area contributed by atoms with Crippen molar-refractivity contribution in [3.8, 4) is 0 Å². The van der Waals surface area contributed by atoms with Crippen molar-refractivity contribution in [2.24, 2.45) is 0 Å². The molecule has 2 aliphatic heterocycles. The molecule has 3 rings (SSSR count). The van der Waals surface area contributed by atoms with Gasteiger partial charge < -0.3 is 4.90 Å². The summed E-state index contributed by atoms with van der Waals surface area (Å²) in [5.41, 5.74) is -0.195. The van der Waals surface area contributed by atoms with E-state index in [1.54, 1.807) is 0 Å². The predicted molar refractivity (Wildman–Crippen MR) is 84.8 cm³/mol. The lowest BCUT2D eigenvalue weighted by atomic mass is 9.97. The van der Waals surface area contributed by atoms with Crippen LogP contribution in [0.25, 0.3) is 0 Å². The summed E-state index contributed by atoms with van der Waals surface area (Å²) in [5, 5.41) is 3.73. The van der Waals surface area contributed by atoms with Crippen LogP contribution in [0.5, 0.6) is 0 Å². The average molecular weight is 296 g/mol. The molecule has 1 spiro atoms. The lowest BCUT2D eigenvalue weighted by Crippen LogP contribution is -2.45. The van der Waals surface area contributed by atoms with Gasteiger partial charge in [0, 0.05) is 11.3 Å². The van der Waals surface area contributed by atoms with Gasteiger partial charge in [-0.2, -0.15) is 11.8 Å². The van der Waals surface area contributed by atoms with Gasteiger partial charge in [0.2, 0.25) is 5.91 Å². The number of amides is 1. The van der Waals surface area contributed by atoms with Crippen LogP contribution in [-0.4, -0.2) is 39.6 Å². The minimum atomic E-state index is -0.195. The Morgan fingerprint density at radius 2 is 2.05 bits per heavy atom. The van der Waals surface area contributed by atoms with E-state index < -0.39 is 0 Å². The first-order chi connectivity index (χ1) is 9.59. The van der Waals surface area contributed by atoms with Gasteiger partial charge in [-0.05, 0) is 44.8 Å². The summed E-state index contributed by atoms with van der Waals surface area (Å²) in [5.74, 6) is 1.66. The lowest BCUT2D eigenvalue weighted by molar-refractivity contribution is -0.133. The van der Waals surface area contributed by atoms with E-state index in [0.29, 0.717) is 5.91 Å². The van der Waals surface area contributed by atoms with E-state index in [0.717, 1.165) is 32.2 Å². The van der Waals surface area contributed by atoms with Gasteiger partial charge in [0.1, 0.15) is 0 Å². The standard InChI is InChI=1S/C16H28N2OS/c1-3-7-13-17-16(9-4-5-10-16)14(19)18(13)12-15(2)8-6-11-20-15/h13,17H,3-12H2,1-2H3. The summed E-state index contributed by atoms with van der Waals surface area (Å²) in [6, 6.07) is 0. The largest absolute Gasteiger partial charge is 0.324 e. The third kappa shape index (κ3) is 2.50. The molecule has 1 N–H and O–H groups in total. The molecule has 3 nitrogen and oxygen atoms in total. The zero-order valence-corrected chi connectivity index (χ0v) is 13.7. The van der Waals surface area contributed by atoms with Gasteiger partial charge in [-0.15, -0.1) is 0 Å². The molecule has 114 valence electrons. The maximum absolute atomic E-state index is 13.0. The molecule has 20 heavy (non-hydrogen) atoms. The zero-order chi connectivity index (χ0) is 14.2. The number of carbonyl (C=O) groups is 1. The first-order valence-electron chi connectivity index (χ1n) is 8.31. The molecule has 0 aromatic rings. The topological polar surface area (TPSA) is 32.3 Å². The molecule has 3 fully saturated rings. The fraction of sp³-hybridized carbons (Fsp3) is 0.938. The molecule has 2 saturated heterocycles. The van der Waals surface area contributed by atoms with E-state index in [1.165, 1.54) is 31.4 Å². The summed E-state index contributed by atoms with van der Waals surface area (Å²) in [7, 11) is 0. The summed E-state index contributed by atoms with van der Waals surface area (Å²) < 4.78 is 0.285. The monoisotopic (exact) mass is 296 g/mol. The van der Waals surface area contributed by atoms with Crippen LogP contribution >= 0.6 is 11.8 Å². The van der Waals surface area contributed by atoms with E-state index in [-0.39, 0.29) is 16.5 Å². The Labute approximate surface area is 127 Å². The van der Waals surface area contributed by atoms with Crippen LogP contribution < -0.4 is 5.32 Å². The molecular formula is C16H28N2OS. The number of thioether (sulfide) groups is 1. The third-order valence-electron chi connectivity index (χ3n) is 5.31. The second kappa shape index (κ2) is 5.53. The summed E-state index contributed by atoms with van der Waals surface area (Å²) in [6.07, 6.45) is 9.58. The highest BCUT2D eigenvalue weighted by molar-refractivity contribution is 8.00. The van der Waals surface area contributed by atoms with E-state index in [4.69, 9.17) is 0 Å². The molecule has 2 heterocycles. The number of carbonyl (C=O) groups excluding carboxylic acids is 1. The first kappa shape index (κ1) is 14.7. The molecule has 1 saturated carbocycles. The molecule has 0 bridgehead atoms. The Bertz CT molecular complexity index is 373. The number of hydrogen-bond acceptors (Lipinski definition) is 3. The van der Waals surface area contributed by atoms with Gasteiger partial charge in [0.25, 0.3) is 0 Å². The summed E-state index contributed by atoms with van der Waals surface area (Å²) in [6.45, 7) is 5.51. The molecule has 0 radical (unpaired) electrons. The molecule has 1 amide bonds. The van der Waals surface area contributed by atoms with E-state index in [9.17, 15) is 4.79 Å². The SMILES string of the molecule is CCCC1NC2(CCCC2)C(=O)N1CC1(C)CCCS1. The summed E-state index contributed by atoms with van der Waals surface area (Å²) in [4.78, 5) is 15.2. The van der Waals surface area contributed by atoms with Gasteiger partial charge in [-0.1, -0.05) is 26.2 Å². The minimum absolute atomic E-state index is 0.195. The Morgan fingerprint density at radius 3 is 2.65 bits per heavy atom. The van der Waals surface area contributed by atoms with Crippen LogP contribution in [0.3, 0.4) is 0 Å². The van der Waals surface area contributed by atoms with Gasteiger partial charge in [0.05, 0.1) is 11.7 Å². The molecule has 3 aliphatic rings. The lowest BCUT2D eigenvalue weighted by Gasteiger charge is -2.32. The second-order valence-electron chi connectivity index (χ2n) is 7.07. The Hall–Kier alpha value is -0.220. The van der Waals surface area contributed by atoms with Crippen molar-refractivity contribution in [2.45, 2.75) is 81.7 Å². The van der Waals surface area contributed by atoms with Gasteiger partial charge in [0.15, 0.2) is 0 Å². The van der Waals surface area contributed by atoms with Crippen LogP contribution in [0.1, 0.15) is 65.2 Å². The van der Waals surface area contributed by atoms with Gasteiger partial charge in [-0.25, -0.2) is 0 Å². The van der Waals surface area contributed by atoms with Crippen LogP contribution in [0, 0.1) is 0 Å². The van der Waals surface area contributed by atoms with Crippen LogP contribution in [-0.2, 0) is 4.79 Å². The maximum atomic E-state index is 13.0. The normalized spacial score (nSPS) is 36.4. The van der Waals surface area contributed by atoms with Gasteiger partial charge >= 0.3 is 0 Å². The molecule has 2 unspecified atom stereocenters. The molecule has 2 atom stereocenters. The van der Waals surface area contributed by atoms with Crippen molar-refractivity contribution in [1.82, 2.24) is 10.2 Å². The van der Waals surface area contributed by atoms with Crippen molar-refractivity contribution in [3.63, 3.8) is 0 Å². The second-order valence-corrected chi connectivity index (χ2v) is 8.76.